The highest BCUT2D eigenvalue weighted by Gasteiger charge is 2.34. The number of fused-ring (bicyclic) bond motifs is 1. The molecule has 11 heteroatoms. The molecule has 0 aliphatic carbocycles. The topological polar surface area (TPSA) is 62.5 Å². The van der Waals surface area contributed by atoms with Gasteiger partial charge in [0.2, 0.25) is 0 Å². The summed E-state index contributed by atoms with van der Waals surface area (Å²) in [5.41, 5.74) is 0.784. The van der Waals surface area contributed by atoms with Crippen LogP contribution in [0.15, 0.2) is 52.5 Å². The number of carbonyl (C=O) groups is 1. The van der Waals surface area contributed by atoms with Crippen LogP contribution >= 0.6 is 23.4 Å². The average molecular weight is 520 g/mol. The number of thioether (sulfide) groups is 1. The Morgan fingerprint density at radius 1 is 1.26 bits per heavy atom. The lowest BCUT2D eigenvalue weighted by molar-refractivity contribution is -0.138. The molecule has 1 saturated heterocycles. The molecule has 0 spiro atoms. The summed E-state index contributed by atoms with van der Waals surface area (Å²) < 4.78 is 42.0. The number of halogens is 4. The molecule has 2 aromatic carbocycles. The fourth-order valence-electron chi connectivity index (χ4n) is 4.23. The quantitative estimate of drug-likeness (QED) is 0.492. The molecular weight excluding hydrogens is 499 g/mol. The van der Waals surface area contributed by atoms with Gasteiger partial charge in [-0.1, -0.05) is 23.7 Å². The number of benzene rings is 2. The van der Waals surface area contributed by atoms with E-state index in [-0.39, 0.29) is 29.1 Å². The molecule has 1 aromatic heterocycles. The maximum atomic E-state index is 13.5. The van der Waals surface area contributed by atoms with Crippen molar-refractivity contribution in [2.45, 2.75) is 25.7 Å². The lowest BCUT2D eigenvalue weighted by atomic mass is 10.1. The molecule has 1 fully saturated rings. The molecule has 6 nitrogen and oxygen atoms in total. The number of hydrogen-bond acceptors (Lipinski definition) is 5. The number of nitrogens with one attached hydrogen (secondary N) is 1. The van der Waals surface area contributed by atoms with Crippen LogP contribution in [-0.4, -0.2) is 51.4 Å². The van der Waals surface area contributed by atoms with E-state index in [9.17, 15) is 18.0 Å². The number of hydrogen-bond donors (Lipinski definition) is 1. The van der Waals surface area contributed by atoms with Gasteiger partial charge in [-0.05, 0) is 60.2 Å². The maximum Gasteiger partial charge on any atom is 0.416 e. The maximum absolute atomic E-state index is 13.5. The molecule has 2 aliphatic heterocycles. The van der Waals surface area contributed by atoms with Gasteiger partial charge in [-0.2, -0.15) is 23.3 Å². The number of piperazine rings is 1. The zero-order valence-electron chi connectivity index (χ0n) is 18.6. The number of amides is 1. The monoisotopic (exact) mass is 519 g/mol. The van der Waals surface area contributed by atoms with Crippen LogP contribution in [0.2, 0.25) is 5.02 Å². The van der Waals surface area contributed by atoms with Gasteiger partial charge >= 0.3 is 6.18 Å². The van der Waals surface area contributed by atoms with Crippen LogP contribution in [0, 0.1) is 0 Å². The summed E-state index contributed by atoms with van der Waals surface area (Å²) >= 11 is 7.15. The first-order valence-corrected chi connectivity index (χ1v) is 12.2. The number of rotatable bonds is 3. The minimum absolute atomic E-state index is 0.0296. The number of alkyl halides is 3. The molecule has 1 N–H and O–H groups in total. The molecule has 0 bridgehead atoms. The van der Waals surface area contributed by atoms with Gasteiger partial charge in [-0.15, -0.1) is 0 Å². The molecule has 1 atom stereocenters. The first kappa shape index (κ1) is 23.9. The largest absolute Gasteiger partial charge is 0.416 e. The molecule has 0 radical (unpaired) electrons. The summed E-state index contributed by atoms with van der Waals surface area (Å²) in [6.07, 6.45) is -1.12. The van der Waals surface area contributed by atoms with Crippen molar-refractivity contribution < 1.29 is 18.0 Å². The lowest BCUT2D eigenvalue weighted by Crippen LogP contribution is -2.51. The molecule has 5 rings (SSSR count). The van der Waals surface area contributed by atoms with Crippen molar-refractivity contribution >= 4 is 51.4 Å². The van der Waals surface area contributed by atoms with Crippen molar-refractivity contribution in [3.8, 4) is 0 Å². The molecule has 2 aliphatic rings. The predicted molar refractivity (Wildman–Crippen MR) is 132 cm³/mol. The highest BCUT2D eigenvalue weighted by Crippen LogP contribution is 2.35. The molecular formula is C24H21ClF3N5OS. The SMILES string of the molecule is CC1CNCCN1C1=NC(=O)C(=Cc2ccc3c(cnn3Cc3ccc(Cl)cc3C(F)(F)F)c2)S1. The third-order valence-electron chi connectivity index (χ3n) is 6.02. The van der Waals surface area contributed by atoms with E-state index < -0.39 is 11.7 Å². The predicted octanol–water partition coefficient (Wildman–Crippen LogP) is 5.02. The van der Waals surface area contributed by atoms with Crippen molar-refractivity contribution in [3.63, 3.8) is 0 Å². The van der Waals surface area contributed by atoms with Gasteiger partial charge in [0.1, 0.15) is 0 Å². The van der Waals surface area contributed by atoms with Crippen LogP contribution < -0.4 is 5.32 Å². The van der Waals surface area contributed by atoms with Crippen LogP contribution in [0.25, 0.3) is 17.0 Å². The van der Waals surface area contributed by atoms with Crippen molar-refractivity contribution in [1.29, 1.82) is 0 Å². The Kier molecular flexibility index (Phi) is 6.37. The minimum atomic E-state index is -4.52. The van der Waals surface area contributed by atoms with E-state index in [1.807, 2.05) is 12.1 Å². The normalized spacial score (nSPS) is 20.2. The van der Waals surface area contributed by atoms with E-state index in [1.165, 1.54) is 28.6 Å². The molecule has 1 amide bonds. The summed E-state index contributed by atoms with van der Waals surface area (Å²) in [7, 11) is 0. The molecule has 3 heterocycles. The lowest BCUT2D eigenvalue weighted by Gasteiger charge is -2.34. The Morgan fingerprint density at radius 2 is 2.09 bits per heavy atom. The van der Waals surface area contributed by atoms with Crippen LogP contribution in [-0.2, 0) is 17.5 Å². The zero-order valence-corrected chi connectivity index (χ0v) is 20.2. The number of aliphatic imine (C=N–C) groups is 1. The van der Waals surface area contributed by atoms with Crippen molar-refractivity contribution in [1.82, 2.24) is 20.0 Å². The number of aromatic nitrogens is 2. The fourth-order valence-corrected chi connectivity index (χ4v) is 5.44. The Bertz CT molecular complexity index is 1370. The Morgan fingerprint density at radius 3 is 2.86 bits per heavy atom. The number of amidine groups is 1. The van der Waals surface area contributed by atoms with E-state index in [0.29, 0.717) is 15.6 Å². The average Bonchev–Trinajstić information content (AvgIpc) is 3.37. The fraction of sp³-hybridized carbons (Fsp3) is 0.292. The van der Waals surface area contributed by atoms with Gasteiger partial charge in [-0.25, -0.2) is 0 Å². The zero-order chi connectivity index (χ0) is 24.7. The number of nitrogens with zero attached hydrogens (tertiary/aromatic N) is 4. The number of carbonyl (C=O) groups excluding carboxylic acids is 1. The van der Waals surface area contributed by atoms with Gasteiger partial charge in [0.05, 0.1) is 28.7 Å². The third-order valence-corrected chi connectivity index (χ3v) is 7.27. The van der Waals surface area contributed by atoms with Crippen molar-refractivity contribution in [2.24, 2.45) is 4.99 Å². The van der Waals surface area contributed by atoms with Gasteiger partial charge in [0.15, 0.2) is 5.17 Å². The van der Waals surface area contributed by atoms with E-state index >= 15 is 0 Å². The molecule has 1 unspecified atom stereocenters. The highest BCUT2D eigenvalue weighted by atomic mass is 35.5. The second-order valence-corrected chi connectivity index (χ2v) is 9.92. The van der Waals surface area contributed by atoms with Crippen LogP contribution in [0.5, 0.6) is 0 Å². The standard InChI is InChI=1S/C24H21ClF3N5OS/c1-14-11-29-6-7-32(14)23-31-22(34)21(35-23)9-15-2-5-20-17(8-15)12-30-33(20)13-16-3-4-18(25)10-19(16)24(26,27)28/h2-5,8-10,12,14,29H,6-7,11,13H2,1H3. The molecule has 182 valence electrons. The van der Waals surface area contributed by atoms with Crippen molar-refractivity contribution in [3.05, 3.63) is 69.2 Å². The second kappa shape index (κ2) is 9.33. The van der Waals surface area contributed by atoms with Gasteiger partial charge in [0, 0.05) is 36.1 Å². The molecule has 35 heavy (non-hydrogen) atoms. The first-order chi connectivity index (χ1) is 16.7. The van der Waals surface area contributed by atoms with Crippen LogP contribution in [0.1, 0.15) is 23.6 Å². The van der Waals surface area contributed by atoms with Crippen LogP contribution in [0.4, 0.5) is 13.2 Å². The van der Waals surface area contributed by atoms with Gasteiger partial charge in [0.25, 0.3) is 5.91 Å². The summed E-state index contributed by atoms with van der Waals surface area (Å²) in [4.78, 5) is 19.4. The summed E-state index contributed by atoms with van der Waals surface area (Å²) in [5, 5.41) is 9.12. The second-order valence-electron chi connectivity index (χ2n) is 8.48. The van der Waals surface area contributed by atoms with E-state index in [0.717, 1.165) is 36.7 Å². The summed E-state index contributed by atoms with van der Waals surface area (Å²) in [6, 6.07) is 9.47. The van der Waals surface area contributed by atoms with E-state index in [1.54, 1.807) is 18.3 Å². The Labute approximate surface area is 208 Å². The van der Waals surface area contributed by atoms with E-state index in [4.69, 9.17) is 11.6 Å². The highest BCUT2D eigenvalue weighted by molar-refractivity contribution is 8.18. The molecule has 3 aromatic rings. The minimum Gasteiger partial charge on any atom is -0.346 e. The third kappa shape index (κ3) is 4.96. The van der Waals surface area contributed by atoms with Gasteiger partial charge < -0.3 is 10.2 Å². The summed E-state index contributed by atoms with van der Waals surface area (Å²) in [6.45, 7) is 4.52. The molecule has 0 saturated carbocycles. The summed E-state index contributed by atoms with van der Waals surface area (Å²) in [5.74, 6) is -0.269. The smallest absolute Gasteiger partial charge is 0.346 e. The van der Waals surface area contributed by atoms with Gasteiger partial charge in [-0.3, -0.25) is 9.48 Å². The van der Waals surface area contributed by atoms with E-state index in [2.05, 4.69) is 27.2 Å². The van der Waals surface area contributed by atoms with Crippen LogP contribution in [0.3, 0.4) is 0 Å². The Hall–Kier alpha value is -2.82. The Balaban J connectivity index is 1.37. The first-order valence-electron chi connectivity index (χ1n) is 11.0. The van der Waals surface area contributed by atoms with Crippen molar-refractivity contribution in [2.75, 3.05) is 19.6 Å².